The van der Waals surface area contributed by atoms with Crippen LogP contribution in [0.2, 0.25) is 0 Å². The molecule has 1 aliphatic carbocycles. The molecule has 0 aromatic heterocycles. The van der Waals surface area contributed by atoms with Gasteiger partial charge in [-0.25, -0.2) is 0 Å². The molecule has 0 bridgehead atoms. The maximum absolute atomic E-state index is 5.35. The van der Waals surface area contributed by atoms with Gasteiger partial charge in [-0.3, -0.25) is 4.99 Å². The molecule has 4 nitrogen and oxygen atoms in total. The van der Waals surface area contributed by atoms with Gasteiger partial charge >= 0.3 is 0 Å². The fourth-order valence-corrected chi connectivity index (χ4v) is 2.10. The minimum absolute atomic E-state index is 0.308. The van der Waals surface area contributed by atoms with Gasteiger partial charge in [0.2, 0.25) is 0 Å². The molecule has 1 saturated carbocycles. The number of rotatable bonds is 6. The average molecular weight is 285 g/mol. The molecule has 0 heterocycles. The van der Waals surface area contributed by atoms with E-state index in [1.54, 1.807) is 7.05 Å². The van der Waals surface area contributed by atoms with Crippen LogP contribution in [0.4, 0.5) is 0 Å². The lowest BCUT2D eigenvalue weighted by Crippen LogP contribution is -2.39. The first-order valence-corrected chi connectivity index (χ1v) is 7.35. The second-order valence-corrected chi connectivity index (χ2v) is 5.35. The third kappa shape index (κ3) is 5.03. The molecule has 0 saturated heterocycles. The number of benzene rings is 1. The minimum Gasteiger partial charge on any atom is -0.481 e. The average Bonchev–Trinajstić information content (AvgIpc) is 3.20. The van der Waals surface area contributed by atoms with Crippen LogP contribution < -0.4 is 15.4 Å². The third-order valence-electron chi connectivity index (χ3n) is 3.61. The summed E-state index contributed by atoms with van der Waals surface area (Å²) >= 11 is 0. The molecule has 4 heteroatoms. The first-order valence-electron chi connectivity index (χ1n) is 7.35. The van der Waals surface area contributed by atoms with E-state index in [2.05, 4.69) is 40.6 Å². The zero-order chi connectivity index (χ0) is 15.1. The number of ether oxygens (including phenoxy) is 1. The van der Waals surface area contributed by atoms with Gasteiger partial charge in [0.25, 0.3) is 0 Å². The zero-order valence-electron chi connectivity index (χ0n) is 12.7. The highest BCUT2D eigenvalue weighted by atomic mass is 16.5. The fraction of sp³-hybridized carbons (Fsp3) is 0.471. The van der Waals surface area contributed by atoms with Crippen LogP contribution in [-0.4, -0.2) is 32.2 Å². The Bertz CT molecular complexity index is 516. The molecule has 112 valence electrons. The van der Waals surface area contributed by atoms with Gasteiger partial charge in [0, 0.05) is 19.6 Å². The van der Waals surface area contributed by atoms with E-state index < -0.39 is 0 Å². The van der Waals surface area contributed by atoms with E-state index in [0.29, 0.717) is 12.6 Å². The Kier molecular flexibility index (Phi) is 5.51. The van der Waals surface area contributed by atoms with Crippen LogP contribution in [0.1, 0.15) is 18.9 Å². The van der Waals surface area contributed by atoms with Crippen LogP contribution in [0.15, 0.2) is 29.3 Å². The summed E-state index contributed by atoms with van der Waals surface area (Å²) in [5.74, 6) is 4.92. The monoisotopic (exact) mass is 285 g/mol. The highest BCUT2D eigenvalue weighted by molar-refractivity contribution is 5.80. The molecular weight excluding hydrogens is 262 g/mol. The molecular formula is C17H23N3O. The van der Waals surface area contributed by atoms with Crippen molar-refractivity contribution in [3.05, 3.63) is 29.8 Å². The predicted octanol–water partition coefficient (Wildman–Crippen LogP) is 1.81. The van der Waals surface area contributed by atoms with Crippen molar-refractivity contribution in [3.63, 3.8) is 0 Å². The van der Waals surface area contributed by atoms with Gasteiger partial charge in [0.1, 0.15) is 12.4 Å². The van der Waals surface area contributed by atoms with Gasteiger partial charge in [0.15, 0.2) is 5.96 Å². The normalized spacial score (nSPS) is 20.5. The summed E-state index contributed by atoms with van der Waals surface area (Å²) in [5.41, 5.74) is 1.26. The van der Waals surface area contributed by atoms with Crippen molar-refractivity contribution >= 4 is 5.96 Å². The quantitative estimate of drug-likeness (QED) is 0.476. The van der Waals surface area contributed by atoms with Gasteiger partial charge < -0.3 is 15.4 Å². The van der Waals surface area contributed by atoms with Gasteiger partial charge in [-0.2, -0.15) is 0 Å². The number of nitrogens with zero attached hydrogens (tertiary/aromatic N) is 1. The molecule has 2 rings (SSSR count). The van der Waals surface area contributed by atoms with Crippen LogP contribution in [0, 0.1) is 18.3 Å². The van der Waals surface area contributed by atoms with Crippen LogP contribution in [-0.2, 0) is 6.42 Å². The summed E-state index contributed by atoms with van der Waals surface area (Å²) in [7, 11) is 1.81. The van der Waals surface area contributed by atoms with E-state index in [0.717, 1.165) is 30.6 Å². The summed E-state index contributed by atoms with van der Waals surface area (Å²) in [6, 6.07) is 8.61. The van der Waals surface area contributed by atoms with Crippen molar-refractivity contribution in [2.24, 2.45) is 10.9 Å². The van der Waals surface area contributed by atoms with Crippen molar-refractivity contribution in [2.75, 3.05) is 20.2 Å². The summed E-state index contributed by atoms with van der Waals surface area (Å²) < 4.78 is 5.35. The second-order valence-electron chi connectivity index (χ2n) is 5.35. The standard InChI is InChI=1S/C17H23N3O/c1-4-11-21-15-7-5-14(6-8-15)9-10-19-17(18-3)20-16-12-13(16)2/h1,5-8,13,16H,9-12H2,2-3H3,(H2,18,19,20). The smallest absolute Gasteiger partial charge is 0.191 e. The Morgan fingerprint density at radius 2 is 2.14 bits per heavy atom. The first-order chi connectivity index (χ1) is 10.2. The molecule has 1 aromatic rings. The highest BCUT2D eigenvalue weighted by Crippen LogP contribution is 2.28. The van der Waals surface area contributed by atoms with E-state index in [-0.39, 0.29) is 0 Å². The summed E-state index contributed by atoms with van der Waals surface area (Å²) in [4.78, 5) is 4.24. The number of hydrogen-bond acceptors (Lipinski definition) is 2. The van der Waals surface area contributed by atoms with Crippen molar-refractivity contribution in [1.82, 2.24) is 10.6 Å². The maximum Gasteiger partial charge on any atom is 0.191 e. The number of guanidine groups is 1. The largest absolute Gasteiger partial charge is 0.481 e. The van der Waals surface area contributed by atoms with Gasteiger partial charge in [0.05, 0.1) is 0 Å². The fourth-order valence-electron chi connectivity index (χ4n) is 2.10. The molecule has 21 heavy (non-hydrogen) atoms. The Labute approximate surface area is 127 Å². The molecule has 2 N–H and O–H groups in total. The Hall–Kier alpha value is -2.15. The third-order valence-corrected chi connectivity index (χ3v) is 3.61. The van der Waals surface area contributed by atoms with Gasteiger partial charge in [-0.1, -0.05) is 25.0 Å². The first kappa shape index (κ1) is 15.2. The number of hydrogen-bond donors (Lipinski definition) is 2. The molecule has 2 unspecified atom stereocenters. The molecule has 2 atom stereocenters. The molecule has 0 radical (unpaired) electrons. The van der Waals surface area contributed by atoms with Gasteiger partial charge in [-0.05, 0) is 36.5 Å². The van der Waals surface area contributed by atoms with E-state index >= 15 is 0 Å². The van der Waals surface area contributed by atoms with Crippen LogP contribution in [0.5, 0.6) is 5.75 Å². The molecule has 0 amide bonds. The number of aliphatic imine (C=N–C) groups is 1. The van der Waals surface area contributed by atoms with E-state index in [4.69, 9.17) is 11.2 Å². The minimum atomic E-state index is 0.308. The van der Waals surface area contributed by atoms with Crippen molar-refractivity contribution in [3.8, 4) is 18.1 Å². The van der Waals surface area contributed by atoms with Crippen molar-refractivity contribution < 1.29 is 4.74 Å². The lowest BCUT2D eigenvalue weighted by atomic mass is 10.1. The topological polar surface area (TPSA) is 45.6 Å². The van der Waals surface area contributed by atoms with Crippen molar-refractivity contribution in [2.45, 2.75) is 25.8 Å². The van der Waals surface area contributed by atoms with E-state index in [1.807, 2.05) is 12.1 Å². The van der Waals surface area contributed by atoms with Crippen LogP contribution in [0.3, 0.4) is 0 Å². The Morgan fingerprint density at radius 1 is 1.43 bits per heavy atom. The predicted molar refractivity (Wildman–Crippen MR) is 86.5 cm³/mol. The van der Waals surface area contributed by atoms with Crippen LogP contribution in [0.25, 0.3) is 0 Å². The summed E-state index contributed by atoms with van der Waals surface area (Å²) in [6.45, 7) is 3.41. The van der Waals surface area contributed by atoms with Crippen molar-refractivity contribution in [1.29, 1.82) is 0 Å². The van der Waals surface area contributed by atoms with E-state index in [9.17, 15) is 0 Å². The van der Waals surface area contributed by atoms with E-state index in [1.165, 1.54) is 12.0 Å². The summed E-state index contributed by atoms with van der Waals surface area (Å²) in [6.07, 6.45) is 7.34. The SMILES string of the molecule is C#CCOc1ccc(CCNC(=NC)NC2CC2C)cc1. The van der Waals surface area contributed by atoms with Gasteiger partial charge in [-0.15, -0.1) is 6.42 Å². The lowest BCUT2D eigenvalue weighted by molar-refractivity contribution is 0.370. The Balaban J connectivity index is 1.71. The maximum atomic E-state index is 5.35. The van der Waals surface area contributed by atoms with Crippen LogP contribution >= 0.6 is 0 Å². The second kappa shape index (κ2) is 7.58. The molecule has 1 aliphatic rings. The molecule has 1 aromatic carbocycles. The molecule has 0 aliphatic heterocycles. The molecule has 0 spiro atoms. The lowest BCUT2D eigenvalue weighted by Gasteiger charge is -2.11. The number of terminal acetylenes is 1. The summed E-state index contributed by atoms with van der Waals surface area (Å²) in [5, 5.41) is 6.75. The highest BCUT2D eigenvalue weighted by Gasteiger charge is 2.33. The Morgan fingerprint density at radius 3 is 2.71 bits per heavy atom. The number of nitrogens with one attached hydrogen (secondary N) is 2. The molecule has 1 fully saturated rings. The zero-order valence-corrected chi connectivity index (χ0v) is 12.7.